The predicted molar refractivity (Wildman–Crippen MR) is 98.2 cm³/mol. The summed E-state index contributed by atoms with van der Waals surface area (Å²) in [5.74, 6) is 2.59. The molecule has 0 fully saturated rings. The number of ether oxygens (including phenoxy) is 1. The van der Waals surface area contributed by atoms with Gasteiger partial charge in [0.15, 0.2) is 17.3 Å². The number of alkyl halides is 3. The van der Waals surface area contributed by atoms with Crippen LogP contribution in [0.25, 0.3) is 16.9 Å². The van der Waals surface area contributed by atoms with Crippen LogP contribution in [-0.4, -0.2) is 27.0 Å². The maximum absolute atomic E-state index is 14.1. The van der Waals surface area contributed by atoms with Gasteiger partial charge < -0.3 is 4.74 Å². The third-order valence-corrected chi connectivity index (χ3v) is 5.00. The van der Waals surface area contributed by atoms with Crippen molar-refractivity contribution < 1.29 is 26.5 Å². The molecule has 1 aromatic heterocycles. The summed E-state index contributed by atoms with van der Waals surface area (Å²) >= 11 is 0. The topological polar surface area (TPSA) is 70.1 Å². The van der Waals surface area contributed by atoms with E-state index in [4.69, 9.17) is 9.88 Å². The molecule has 2 aromatic carbocycles. The Hall–Kier alpha value is -2.85. The summed E-state index contributed by atoms with van der Waals surface area (Å²) in [4.78, 5) is 0.233. The predicted octanol–water partition coefficient (Wildman–Crippen LogP) is 3.65. The Morgan fingerprint density at radius 2 is 1.79 bits per heavy atom. The van der Waals surface area contributed by atoms with Gasteiger partial charge in [0.05, 0.1) is 28.2 Å². The summed E-state index contributed by atoms with van der Waals surface area (Å²) in [6.45, 7) is 0. The van der Waals surface area contributed by atoms with Crippen molar-refractivity contribution in [1.29, 1.82) is 0 Å². The van der Waals surface area contributed by atoms with Gasteiger partial charge in [0.1, 0.15) is 0 Å². The van der Waals surface area contributed by atoms with E-state index < -0.39 is 27.4 Å². The molecule has 0 amide bonds. The lowest BCUT2D eigenvalue weighted by molar-refractivity contribution is -0.141. The normalized spacial score (nSPS) is 13.9. The molecule has 0 aliphatic rings. The Labute approximate surface area is 158 Å². The molecule has 3 rings (SSSR count). The number of nitrogens with zero attached hydrogens (tertiary/aromatic N) is 2. The maximum Gasteiger partial charge on any atom is 0.435 e. The highest BCUT2D eigenvalue weighted by Crippen LogP contribution is 2.34. The Kier molecular flexibility index (Phi) is 4.94. The molecule has 0 saturated heterocycles. The fourth-order valence-electron chi connectivity index (χ4n) is 2.57. The highest BCUT2D eigenvalue weighted by atomic mass is 32.2. The molecule has 3 aromatic rings. The molecule has 28 heavy (non-hydrogen) atoms. The molecule has 1 heterocycles. The summed E-state index contributed by atoms with van der Waals surface area (Å²) in [5.41, 5.74) is -0.702. The van der Waals surface area contributed by atoms with Crippen LogP contribution < -0.4 is 9.88 Å². The third-order valence-electron chi connectivity index (χ3n) is 3.93. The summed E-state index contributed by atoms with van der Waals surface area (Å²) in [6, 6.07) is 10.2. The molecule has 10 heteroatoms. The quantitative estimate of drug-likeness (QED) is 0.524. The summed E-state index contributed by atoms with van der Waals surface area (Å²) in [5, 5.41) is 9.08. The number of halogens is 4. The highest BCUT2D eigenvalue weighted by Gasteiger charge is 2.35. The van der Waals surface area contributed by atoms with Gasteiger partial charge in [0, 0.05) is 10.5 Å². The molecule has 1 atom stereocenters. The zero-order valence-corrected chi connectivity index (χ0v) is 15.4. The van der Waals surface area contributed by atoms with Gasteiger partial charge in [-0.3, -0.25) is 5.14 Å². The number of methoxy groups -OCH3 is 1. The summed E-state index contributed by atoms with van der Waals surface area (Å²) in [6.07, 6.45) is -4.69. The largest absolute Gasteiger partial charge is 0.494 e. The van der Waals surface area contributed by atoms with Crippen molar-refractivity contribution in [3.63, 3.8) is 0 Å². The first-order valence-electron chi connectivity index (χ1n) is 7.77. The highest BCUT2D eigenvalue weighted by molar-refractivity contribution is 7.98. The molecule has 1 unspecified atom stereocenters. The Morgan fingerprint density at radius 1 is 1.14 bits per heavy atom. The van der Waals surface area contributed by atoms with E-state index in [9.17, 15) is 21.8 Å². The number of rotatable bonds is 4. The maximum atomic E-state index is 14.1. The van der Waals surface area contributed by atoms with Crippen molar-refractivity contribution in [3.8, 4) is 22.7 Å². The molecular weight excluding hydrogens is 398 g/mol. The van der Waals surface area contributed by atoms with Crippen LogP contribution >= 0.6 is 0 Å². The molecule has 0 radical (unpaired) electrons. The zero-order chi connectivity index (χ0) is 20.7. The van der Waals surface area contributed by atoms with E-state index in [1.165, 1.54) is 43.5 Å². The number of nitrogens with two attached hydrogens (primary N) is 1. The van der Waals surface area contributed by atoms with E-state index in [0.717, 1.165) is 16.8 Å². The van der Waals surface area contributed by atoms with Gasteiger partial charge in [0.2, 0.25) is 0 Å². The van der Waals surface area contributed by atoms with E-state index in [-0.39, 0.29) is 27.6 Å². The molecule has 0 spiro atoms. The molecule has 0 aliphatic heterocycles. The minimum atomic E-state index is -4.69. The number of benzene rings is 2. The number of hydrogen-bond acceptors (Lipinski definition) is 3. The van der Waals surface area contributed by atoms with Gasteiger partial charge in [-0.25, -0.2) is 13.3 Å². The summed E-state index contributed by atoms with van der Waals surface area (Å²) < 4.78 is 71.3. The second kappa shape index (κ2) is 6.95. The lowest BCUT2D eigenvalue weighted by atomic mass is 10.1. The van der Waals surface area contributed by atoms with Gasteiger partial charge in [0.25, 0.3) is 0 Å². The van der Waals surface area contributed by atoms with Crippen LogP contribution in [0.2, 0.25) is 0 Å². The molecule has 0 saturated carbocycles. The first-order chi connectivity index (χ1) is 13.0. The van der Waals surface area contributed by atoms with Crippen molar-refractivity contribution in [2.24, 2.45) is 5.14 Å². The molecule has 5 nitrogen and oxygen atoms in total. The van der Waals surface area contributed by atoms with Crippen molar-refractivity contribution >= 4 is 15.6 Å². The minimum Gasteiger partial charge on any atom is -0.494 e. The van der Waals surface area contributed by atoms with Gasteiger partial charge >= 0.3 is 6.18 Å². The van der Waals surface area contributed by atoms with Crippen LogP contribution in [0.4, 0.5) is 17.6 Å². The van der Waals surface area contributed by atoms with E-state index in [1.54, 1.807) is 0 Å². The van der Waals surface area contributed by atoms with E-state index in [2.05, 4.69) is 11.0 Å². The third kappa shape index (κ3) is 3.87. The molecule has 148 valence electrons. The number of aromatic nitrogens is 2. The molecule has 0 bridgehead atoms. The summed E-state index contributed by atoms with van der Waals surface area (Å²) in [7, 11) is -1.69. The van der Waals surface area contributed by atoms with Gasteiger partial charge in [-0.15, -0.1) is 0 Å². The van der Waals surface area contributed by atoms with E-state index >= 15 is 0 Å². The molecule has 0 aliphatic carbocycles. The lowest BCUT2D eigenvalue weighted by Gasteiger charge is -2.10. The SMILES string of the molecule is C=S(N)(=O)c1ccc(-n2nc(C(F)(F)F)cc2-c2ccc(OC)c(F)c2)cc1. The van der Waals surface area contributed by atoms with Gasteiger partial charge in [-0.1, -0.05) is 0 Å². The fraction of sp³-hybridized carbons (Fsp3) is 0.111. The average Bonchev–Trinajstić information content (AvgIpc) is 3.07. The van der Waals surface area contributed by atoms with Crippen LogP contribution in [0.5, 0.6) is 5.75 Å². The molecular formula is C18H15F4N3O2S. The smallest absolute Gasteiger partial charge is 0.435 e. The van der Waals surface area contributed by atoms with E-state index in [1.807, 2.05) is 0 Å². The number of hydrogen-bond donors (Lipinski definition) is 1. The van der Waals surface area contributed by atoms with Crippen LogP contribution in [0, 0.1) is 5.82 Å². The van der Waals surface area contributed by atoms with Crippen LogP contribution in [0.1, 0.15) is 5.69 Å². The average molecular weight is 413 g/mol. The van der Waals surface area contributed by atoms with Crippen LogP contribution in [0.3, 0.4) is 0 Å². The second-order valence-electron chi connectivity index (χ2n) is 5.89. The van der Waals surface area contributed by atoms with Crippen molar-refractivity contribution in [2.45, 2.75) is 11.1 Å². The first-order valence-corrected chi connectivity index (χ1v) is 9.56. The van der Waals surface area contributed by atoms with Crippen molar-refractivity contribution in [2.75, 3.05) is 7.11 Å². The molecule has 2 N–H and O–H groups in total. The van der Waals surface area contributed by atoms with Crippen molar-refractivity contribution in [1.82, 2.24) is 9.78 Å². The fourth-order valence-corrected chi connectivity index (χ4v) is 3.16. The van der Waals surface area contributed by atoms with Crippen molar-refractivity contribution in [3.05, 3.63) is 60.0 Å². The van der Waals surface area contributed by atoms with E-state index in [0.29, 0.717) is 0 Å². The Balaban J connectivity index is 2.18. The lowest BCUT2D eigenvalue weighted by Crippen LogP contribution is -2.12. The minimum absolute atomic E-state index is 0.0183. The van der Waals surface area contributed by atoms with Gasteiger partial charge in [-0.2, -0.15) is 18.3 Å². The standard InChI is InChI=1S/C18H15F4N3O2S/c1-27-16-8-3-11(9-14(16)19)15-10-17(18(20,21)22)24-25(15)12-4-6-13(7-5-12)28(2,23)26/h3-10H,2H2,1H3,(H2,23,26). The second-order valence-corrected chi connectivity index (χ2v) is 7.82. The zero-order valence-electron chi connectivity index (χ0n) is 14.5. The Bertz CT molecular complexity index is 1120. The monoisotopic (exact) mass is 413 g/mol. The van der Waals surface area contributed by atoms with Crippen LogP contribution in [0.15, 0.2) is 53.4 Å². The van der Waals surface area contributed by atoms with Crippen LogP contribution in [-0.2, 0) is 15.9 Å². The first kappa shape index (κ1) is 19.9. The Morgan fingerprint density at radius 3 is 2.29 bits per heavy atom. The van der Waals surface area contributed by atoms with Gasteiger partial charge in [-0.05, 0) is 54.4 Å².